The Morgan fingerprint density at radius 1 is 1.33 bits per heavy atom. The third-order valence-electron chi connectivity index (χ3n) is 4.05. The zero-order valence-corrected chi connectivity index (χ0v) is 14.0. The molecule has 24 heavy (non-hydrogen) atoms. The molecule has 0 radical (unpaired) electrons. The van der Waals surface area contributed by atoms with Gasteiger partial charge in [-0.15, -0.1) is 5.10 Å². The summed E-state index contributed by atoms with van der Waals surface area (Å²) in [5.74, 6) is 0.150. The first-order valence-corrected chi connectivity index (χ1v) is 8.16. The van der Waals surface area contributed by atoms with Gasteiger partial charge in [-0.2, -0.15) is 0 Å². The van der Waals surface area contributed by atoms with E-state index in [1.54, 1.807) is 18.3 Å². The largest absolute Gasteiger partial charge is 0.324 e. The maximum atomic E-state index is 12.1. The number of carbonyl (C=O) groups excluding carboxylic acids is 2. The van der Waals surface area contributed by atoms with E-state index in [9.17, 15) is 9.59 Å². The smallest absolute Gasteiger partial charge is 0.246 e. The van der Waals surface area contributed by atoms with Crippen LogP contribution < -0.4 is 10.6 Å². The number of halogens is 1. The van der Waals surface area contributed by atoms with Crippen molar-refractivity contribution in [3.63, 3.8) is 0 Å². The number of aromatic nitrogens is 3. The lowest BCUT2D eigenvalue weighted by molar-refractivity contribution is -0.122. The number of anilines is 2. The van der Waals surface area contributed by atoms with Gasteiger partial charge in [0.15, 0.2) is 5.82 Å². The fraction of sp³-hybridized carbons (Fsp3) is 0.375. The highest BCUT2D eigenvalue weighted by molar-refractivity contribution is 6.31. The third-order valence-corrected chi connectivity index (χ3v) is 4.28. The fourth-order valence-corrected chi connectivity index (χ4v) is 2.57. The van der Waals surface area contributed by atoms with Crippen LogP contribution in [0.3, 0.4) is 0 Å². The molecule has 2 amide bonds. The predicted octanol–water partition coefficient (Wildman–Crippen LogP) is 2.62. The van der Waals surface area contributed by atoms with Crippen LogP contribution in [0.15, 0.2) is 24.4 Å². The molecule has 126 valence electrons. The summed E-state index contributed by atoms with van der Waals surface area (Å²) < 4.78 is 1.38. The van der Waals surface area contributed by atoms with E-state index in [1.807, 2.05) is 13.0 Å². The summed E-state index contributed by atoms with van der Waals surface area (Å²) in [6.45, 7) is 1.88. The van der Waals surface area contributed by atoms with Gasteiger partial charge in [-0.25, -0.2) is 4.68 Å². The molecule has 2 aromatic rings. The molecule has 3 rings (SSSR count). The molecule has 0 spiro atoms. The monoisotopic (exact) mass is 347 g/mol. The quantitative estimate of drug-likeness (QED) is 0.870. The molecular weight excluding hydrogens is 330 g/mol. The van der Waals surface area contributed by atoms with Gasteiger partial charge in [0, 0.05) is 16.6 Å². The molecule has 1 aromatic heterocycles. The van der Waals surface area contributed by atoms with Crippen LogP contribution in [0, 0.1) is 12.8 Å². The first kappa shape index (κ1) is 16.4. The molecule has 1 aliphatic rings. The van der Waals surface area contributed by atoms with Gasteiger partial charge in [0.25, 0.3) is 0 Å². The van der Waals surface area contributed by atoms with Crippen LogP contribution in [-0.2, 0) is 16.1 Å². The second-order valence-electron chi connectivity index (χ2n) is 5.93. The predicted molar refractivity (Wildman–Crippen MR) is 90.8 cm³/mol. The highest BCUT2D eigenvalue weighted by Crippen LogP contribution is 2.27. The summed E-state index contributed by atoms with van der Waals surface area (Å²) in [7, 11) is 0. The molecule has 1 fully saturated rings. The molecule has 1 aliphatic carbocycles. The Hall–Kier alpha value is -2.41. The molecule has 2 N–H and O–H groups in total. The second-order valence-corrected chi connectivity index (χ2v) is 6.36. The average Bonchev–Trinajstić information content (AvgIpc) is 2.87. The summed E-state index contributed by atoms with van der Waals surface area (Å²) in [5.41, 5.74) is 1.57. The molecule has 0 aliphatic heterocycles. The zero-order chi connectivity index (χ0) is 17.1. The maximum absolute atomic E-state index is 12.1. The molecule has 1 heterocycles. The first-order chi connectivity index (χ1) is 11.5. The van der Waals surface area contributed by atoms with Gasteiger partial charge in [-0.05, 0) is 37.5 Å². The van der Waals surface area contributed by atoms with Crippen LogP contribution in [0.1, 0.15) is 24.8 Å². The average molecular weight is 348 g/mol. The highest BCUT2D eigenvalue weighted by atomic mass is 35.5. The normalized spacial score (nSPS) is 14.1. The minimum Gasteiger partial charge on any atom is -0.324 e. The number of hydrogen-bond donors (Lipinski definition) is 2. The Bertz CT molecular complexity index is 770. The molecule has 0 atom stereocenters. The minimum atomic E-state index is -0.248. The molecule has 1 saturated carbocycles. The van der Waals surface area contributed by atoms with Crippen LogP contribution >= 0.6 is 11.6 Å². The van der Waals surface area contributed by atoms with Crippen molar-refractivity contribution in [1.82, 2.24) is 15.0 Å². The van der Waals surface area contributed by atoms with E-state index in [1.165, 1.54) is 4.68 Å². The summed E-state index contributed by atoms with van der Waals surface area (Å²) in [6.07, 6.45) is 4.47. The Morgan fingerprint density at radius 2 is 2.12 bits per heavy atom. The van der Waals surface area contributed by atoms with Crippen molar-refractivity contribution in [2.24, 2.45) is 5.92 Å². The lowest BCUT2D eigenvalue weighted by atomic mass is 9.85. The number of benzene rings is 1. The van der Waals surface area contributed by atoms with Crippen molar-refractivity contribution < 1.29 is 9.59 Å². The van der Waals surface area contributed by atoms with Crippen molar-refractivity contribution in [2.75, 3.05) is 10.6 Å². The Morgan fingerprint density at radius 3 is 2.83 bits per heavy atom. The van der Waals surface area contributed by atoms with E-state index in [4.69, 9.17) is 11.6 Å². The summed E-state index contributed by atoms with van der Waals surface area (Å²) in [4.78, 5) is 24.0. The number of nitrogens with zero attached hydrogens (tertiary/aromatic N) is 3. The van der Waals surface area contributed by atoms with Crippen molar-refractivity contribution in [1.29, 1.82) is 0 Å². The lowest BCUT2D eigenvalue weighted by Crippen LogP contribution is -2.28. The van der Waals surface area contributed by atoms with Gasteiger partial charge < -0.3 is 10.6 Å². The number of amides is 2. The standard InChI is InChI=1S/C16H18ClN5O2/c1-10-5-6-12(17)7-13(10)18-15(23)9-22-8-14(20-21-22)19-16(24)11-3-2-4-11/h5-8,11H,2-4,9H2,1H3,(H,18,23)(H,19,24). The number of rotatable bonds is 5. The molecular formula is C16H18ClN5O2. The van der Waals surface area contributed by atoms with Crippen LogP contribution in [0.5, 0.6) is 0 Å². The molecule has 1 aromatic carbocycles. The molecule has 7 nitrogen and oxygen atoms in total. The van der Waals surface area contributed by atoms with Gasteiger partial charge in [-0.3, -0.25) is 9.59 Å². The maximum Gasteiger partial charge on any atom is 0.246 e. The van der Waals surface area contributed by atoms with Gasteiger partial charge in [0.2, 0.25) is 11.8 Å². The van der Waals surface area contributed by atoms with Gasteiger partial charge in [0.1, 0.15) is 6.54 Å². The molecule has 0 bridgehead atoms. The fourth-order valence-electron chi connectivity index (χ4n) is 2.40. The van der Waals surface area contributed by atoms with E-state index in [0.29, 0.717) is 16.5 Å². The zero-order valence-electron chi connectivity index (χ0n) is 13.3. The Labute approximate surface area is 144 Å². The molecule has 0 saturated heterocycles. The third kappa shape index (κ3) is 3.91. The van der Waals surface area contributed by atoms with Gasteiger partial charge in [-0.1, -0.05) is 29.3 Å². The topological polar surface area (TPSA) is 88.9 Å². The second kappa shape index (κ2) is 7.00. The van der Waals surface area contributed by atoms with E-state index in [-0.39, 0.29) is 24.3 Å². The number of aryl methyl sites for hydroxylation is 1. The van der Waals surface area contributed by atoms with Crippen LogP contribution in [0.4, 0.5) is 11.5 Å². The summed E-state index contributed by atoms with van der Waals surface area (Å²) in [5, 5.41) is 13.8. The molecule has 8 heteroatoms. The van der Waals surface area contributed by atoms with E-state index in [0.717, 1.165) is 24.8 Å². The van der Waals surface area contributed by atoms with Crippen molar-refractivity contribution >= 4 is 34.9 Å². The van der Waals surface area contributed by atoms with E-state index >= 15 is 0 Å². The number of hydrogen-bond acceptors (Lipinski definition) is 4. The van der Waals surface area contributed by atoms with Crippen molar-refractivity contribution in [2.45, 2.75) is 32.7 Å². The number of nitrogens with one attached hydrogen (secondary N) is 2. The lowest BCUT2D eigenvalue weighted by Gasteiger charge is -2.23. The summed E-state index contributed by atoms with van der Waals surface area (Å²) >= 11 is 5.94. The van der Waals surface area contributed by atoms with E-state index in [2.05, 4.69) is 20.9 Å². The number of carbonyl (C=O) groups is 2. The van der Waals surface area contributed by atoms with Gasteiger partial charge in [0.05, 0.1) is 6.20 Å². The Kier molecular flexibility index (Phi) is 4.80. The highest BCUT2D eigenvalue weighted by Gasteiger charge is 2.25. The summed E-state index contributed by atoms with van der Waals surface area (Å²) in [6, 6.07) is 5.29. The van der Waals surface area contributed by atoms with Gasteiger partial charge >= 0.3 is 0 Å². The van der Waals surface area contributed by atoms with Crippen LogP contribution in [0.2, 0.25) is 5.02 Å². The van der Waals surface area contributed by atoms with E-state index < -0.39 is 0 Å². The SMILES string of the molecule is Cc1ccc(Cl)cc1NC(=O)Cn1cc(NC(=O)C2CCC2)nn1. The molecule has 0 unspecified atom stereocenters. The van der Waals surface area contributed by atoms with Crippen LogP contribution in [0.25, 0.3) is 0 Å². The van der Waals surface area contributed by atoms with Crippen molar-refractivity contribution in [3.05, 3.63) is 35.0 Å². The Balaban J connectivity index is 1.56. The van der Waals surface area contributed by atoms with Crippen molar-refractivity contribution in [3.8, 4) is 0 Å². The van der Waals surface area contributed by atoms with Crippen LogP contribution in [-0.4, -0.2) is 26.8 Å². The first-order valence-electron chi connectivity index (χ1n) is 7.78. The minimum absolute atomic E-state index is 0.00173.